The zero-order valence-electron chi connectivity index (χ0n) is 13.4. The van der Waals surface area contributed by atoms with E-state index in [2.05, 4.69) is 42.8 Å². The first kappa shape index (κ1) is 14.5. The highest BCUT2D eigenvalue weighted by Crippen LogP contribution is 2.39. The zero-order chi connectivity index (χ0) is 16.6. The van der Waals surface area contributed by atoms with Crippen LogP contribution in [0.3, 0.4) is 0 Å². The molecule has 0 atom stereocenters. The lowest BCUT2D eigenvalue weighted by Gasteiger charge is -2.07. The molecule has 0 unspecified atom stereocenters. The highest BCUT2D eigenvalue weighted by Gasteiger charge is 2.24. The third-order valence-electron chi connectivity index (χ3n) is 4.36. The van der Waals surface area contributed by atoms with Crippen molar-refractivity contribution in [1.82, 2.24) is 19.9 Å². The average molecular weight is 345 g/mol. The maximum absolute atomic E-state index is 4.52. The third-order valence-corrected chi connectivity index (χ3v) is 5.20. The maximum atomic E-state index is 4.52. The molecule has 6 heteroatoms. The van der Waals surface area contributed by atoms with Crippen molar-refractivity contribution in [1.29, 1.82) is 0 Å². The fraction of sp³-hybridized carbons (Fsp3) is 0.158. The lowest BCUT2D eigenvalue weighted by Crippen LogP contribution is -1.99. The molecule has 1 fully saturated rings. The Bertz CT molecular complexity index is 1040. The fourth-order valence-electron chi connectivity index (χ4n) is 2.84. The molecule has 5 rings (SSSR count). The van der Waals surface area contributed by atoms with Crippen molar-refractivity contribution in [2.75, 3.05) is 5.32 Å². The maximum Gasteiger partial charge on any atom is 0.228 e. The molecule has 0 radical (unpaired) electrons. The van der Waals surface area contributed by atoms with Gasteiger partial charge in [-0.15, -0.1) is 11.3 Å². The predicted molar refractivity (Wildman–Crippen MR) is 100 cm³/mol. The number of fused-ring (bicyclic) bond motifs is 1. The average Bonchev–Trinajstić information content (AvgIpc) is 3.39. The summed E-state index contributed by atoms with van der Waals surface area (Å²) in [4.78, 5) is 18.7. The Labute approximate surface area is 148 Å². The molecule has 0 aliphatic heterocycles. The van der Waals surface area contributed by atoms with Crippen LogP contribution in [-0.2, 0) is 0 Å². The van der Waals surface area contributed by atoms with E-state index >= 15 is 0 Å². The summed E-state index contributed by atoms with van der Waals surface area (Å²) < 4.78 is 0. The summed E-state index contributed by atoms with van der Waals surface area (Å²) in [5.41, 5.74) is 3.36. The summed E-state index contributed by atoms with van der Waals surface area (Å²) in [6, 6.07) is 8.22. The van der Waals surface area contributed by atoms with Gasteiger partial charge in [-0.2, -0.15) is 0 Å². The number of rotatable bonds is 4. The molecule has 1 saturated carbocycles. The molecule has 0 aromatic carbocycles. The Hall–Kier alpha value is -2.86. The molecule has 1 N–H and O–H groups in total. The largest absolute Gasteiger partial charge is 0.309 e. The van der Waals surface area contributed by atoms with E-state index in [1.807, 2.05) is 30.7 Å². The number of hydrogen-bond donors (Lipinski definition) is 1. The number of nitrogens with one attached hydrogen (secondary N) is 1. The van der Waals surface area contributed by atoms with Gasteiger partial charge in [-0.25, -0.2) is 19.9 Å². The number of hydrogen-bond acceptors (Lipinski definition) is 6. The number of anilines is 2. The monoisotopic (exact) mass is 345 g/mol. The van der Waals surface area contributed by atoms with Gasteiger partial charge in [0, 0.05) is 35.7 Å². The predicted octanol–water partition coefficient (Wildman–Crippen LogP) is 4.77. The van der Waals surface area contributed by atoms with Crippen molar-refractivity contribution >= 4 is 33.3 Å². The van der Waals surface area contributed by atoms with Crippen LogP contribution < -0.4 is 5.32 Å². The van der Waals surface area contributed by atoms with Gasteiger partial charge in [0.15, 0.2) is 0 Å². The van der Waals surface area contributed by atoms with Crippen LogP contribution in [0.2, 0.25) is 0 Å². The molecule has 0 bridgehead atoms. The van der Waals surface area contributed by atoms with Gasteiger partial charge in [-0.1, -0.05) is 0 Å². The van der Waals surface area contributed by atoms with Gasteiger partial charge < -0.3 is 5.32 Å². The molecule has 4 heterocycles. The number of thiophene rings is 1. The minimum Gasteiger partial charge on any atom is -0.309 e. The summed E-state index contributed by atoms with van der Waals surface area (Å²) in [7, 11) is 0. The molecule has 25 heavy (non-hydrogen) atoms. The van der Waals surface area contributed by atoms with Crippen molar-refractivity contribution in [3.05, 3.63) is 60.0 Å². The molecule has 1 aliphatic rings. The van der Waals surface area contributed by atoms with Gasteiger partial charge in [-0.3, -0.25) is 0 Å². The van der Waals surface area contributed by atoms with Gasteiger partial charge in [0.1, 0.15) is 10.6 Å². The molecular formula is C19H15N5S. The Morgan fingerprint density at radius 3 is 2.64 bits per heavy atom. The molecule has 1 aliphatic carbocycles. The highest BCUT2D eigenvalue weighted by molar-refractivity contribution is 7.16. The lowest BCUT2D eigenvalue weighted by atomic mass is 10.1. The van der Waals surface area contributed by atoms with Crippen molar-refractivity contribution in [2.24, 2.45) is 0 Å². The molecule has 122 valence electrons. The van der Waals surface area contributed by atoms with Crippen LogP contribution in [0.15, 0.2) is 54.4 Å². The minimum atomic E-state index is 0.570. The topological polar surface area (TPSA) is 63.6 Å². The van der Waals surface area contributed by atoms with Crippen LogP contribution in [0, 0.1) is 0 Å². The molecular weight excluding hydrogens is 330 g/mol. The Kier molecular flexibility index (Phi) is 3.41. The molecule has 0 amide bonds. The Morgan fingerprint density at radius 2 is 1.80 bits per heavy atom. The van der Waals surface area contributed by atoms with Crippen LogP contribution >= 0.6 is 11.3 Å². The van der Waals surface area contributed by atoms with Crippen molar-refractivity contribution in [3.63, 3.8) is 0 Å². The van der Waals surface area contributed by atoms with Gasteiger partial charge in [-0.05, 0) is 59.5 Å². The Balaban J connectivity index is 1.41. The second-order valence-corrected chi connectivity index (χ2v) is 7.10. The standard InChI is InChI=1S/C19H15N5S/c1-2-12(1)16-10-22-19(23-11-16)24-17-8-13(3-5-20-17)15-7-14-4-6-25-18(14)21-9-15/h3-12H,1-2H2,(H,20,22,23,24). The van der Waals surface area contributed by atoms with E-state index in [0.29, 0.717) is 11.9 Å². The number of aromatic nitrogens is 4. The quantitative estimate of drug-likeness (QED) is 0.577. The van der Waals surface area contributed by atoms with Crippen LogP contribution in [0.5, 0.6) is 0 Å². The normalized spacial score (nSPS) is 13.9. The van der Waals surface area contributed by atoms with Gasteiger partial charge in [0.05, 0.1) is 0 Å². The fourth-order valence-corrected chi connectivity index (χ4v) is 3.56. The summed E-state index contributed by atoms with van der Waals surface area (Å²) in [5.74, 6) is 1.96. The van der Waals surface area contributed by atoms with Crippen LogP contribution in [0.4, 0.5) is 11.8 Å². The summed E-state index contributed by atoms with van der Waals surface area (Å²) in [6.07, 6.45) is 10.0. The lowest BCUT2D eigenvalue weighted by molar-refractivity contribution is 1.04. The first-order chi connectivity index (χ1) is 12.3. The molecule has 5 nitrogen and oxygen atoms in total. The van der Waals surface area contributed by atoms with E-state index in [1.54, 1.807) is 17.5 Å². The molecule has 4 aromatic heterocycles. The van der Waals surface area contributed by atoms with E-state index in [9.17, 15) is 0 Å². The van der Waals surface area contributed by atoms with E-state index in [1.165, 1.54) is 18.4 Å². The number of nitrogens with zero attached hydrogens (tertiary/aromatic N) is 4. The van der Waals surface area contributed by atoms with Crippen LogP contribution in [0.25, 0.3) is 21.3 Å². The summed E-state index contributed by atoms with van der Waals surface area (Å²) in [5, 5.41) is 6.40. The van der Waals surface area contributed by atoms with E-state index in [4.69, 9.17) is 0 Å². The first-order valence-corrected chi connectivity index (χ1v) is 9.12. The van der Waals surface area contributed by atoms with Gasteiger partial charge in [0.25, 0.3) is 0 Å². The Morgan fingerprint density at radius 1 is 0.920 bits per heavy atom. The first-order valence-electron chi connectivity index (χ1n) is 8.24. The van der Waals surface area contributed by atoms with E-state index < -0.39 is 0 Å². The van der Waals surface area contributed by atoms with E-state index in [-0.39, 0.29) is 0 Å². The molecule has 0 saturated heterocycles. The van der Waals surface area contributed by atoms with Crippen LogP contribution in [-0.4, -0.2) is 19.9 Å². The third kappa shape index (κ3) is 2.96. The zero-order valence-corrected chi connectivity index (χ0v) is 14.2. The van der Waals surface area contributed by atoms with Crippen molar-refractivity contribution in [3.8, 4) is 11.1 Å². The van der Waals surface area contributed by atoms with Crippen molar-refractivity contribution < 1.29 is 0 Å². The highest BCUT2D eigenvalue weighted by atomic mass is 32.1. The summed E-state index contributed by atoms with van der Waals surface area (Å²) in [6.45, 7) is 0. The molecule has 0 spiro atoms. The van der Waals surface area contributed by atoms with Gasteiger partial charge in [0.2, 0.25) is 5.95 Å². The molecule has 4 aromatic rings. The van der Waals surface area contributed by atoms with E-state index in [0.717, 1.165) is 27.2 Å². The van der Waals surface area contributed by atoms with Gasteiger partial charge >= 0.3 is 0 Å². The number of pyridine rings is 2. The SMILES string of the molecule is c1cc(-c2cnc3sccc3c2)cc(Nc2ncc(C3CC3)cn2)n1. The summed E-state index contributed by atoms with van der Waals surface area (Å²) >= 11 is 1.65. The smallest absolute Gasteiger partial charge is 0.228 e. The van der Waals surface area contributed by atoms with Crippen LogP contribution in [0.1, 0.15) is 24.3 Å². The van der Waals surface area contributed by atoms with Crippen molar-refractivity contribution in [2.45, 2.75) is 18.8 Å². The second-order valence-electron chi connectivity index (χ2n) is 6.21. The minimum absolute atomic E-state index is 0.570. The second kappa shape index (κ2) is 5.89.